The van der Waals surface area contributed by atoms with Gasteiger partial charge in [-0.05, 0) is 61.2 Å². The molecule has 1 heterocycles. The lowest BCUT2D eigenvalue weighted by atomic mass is 9.88. The van der Waals surface area contributed by atoms with Crippen LogP contribution >= 0.6 is 0 Å². The van der Waals surface area contributed by atoms with E-state index in [1.807, 2.05) is 60.7 Å². The number of nitrogens with one attached hydrogen (secondary N) is 1. The minimum atomic E-state index is -2.97. The maximum atomic E-state index is 11.5. The summed E-state index contributed by atoms with van der Waals surface area (Å²) in [5.41, 5.74) is 3.31. The van der Waals surface area contributed by atoms with Crippen LogP contribution in [-0.2, 0) is 32.3 Å². The van der Waals surface area contributed by atoms with Crippen LogP contribution in [0.3, 0.4) is 0 Å². The number of rotatable bonds is 18. The Hall–Kier alpha value is -3.11. The second-order valence-corrected chi connectivity index (χ2v) is 13.1. The van der Waals surface area contributed by atoms with Gasteiger partial charge in [0.2, 0.25) is 0 Å². The summed E-state index contributed by atoms with van der Waals surface area (Å²) in [5, 5.41) is 3.45. The van der Waals surface area contributed by atoms with E-state index in [0.717, 1.165) is 54.3 Å². The van der Waals surface area contributed by atoms with Crippen molar-refractivity contribution in [1.29, 1.82) is 0 Å². The van der Waals surface area contributed by atoms with Gasteiger partial charge in [-0.3, -0.25) is 0 Å². The van der Waals surface area contributed by atoms with Crippen LogP contribution in [0.2, 0.25) is 0 Å². The highest BCUT2D eigenvalue weighted by atomic mass is 32.2. The maximum Gasteiger partial charge on any atom is 0.147 e. The van der Waals surface area contributed by atoms with Gasteiger partial charge >= 0.3 is 0 Å². The molecule has 8 nitrogen and oxygen atoms in total. The Morgan fingerprint density at radius 1 is 0.814 bits per heavy atom. The van der Waals surface area contributed by atoms with Crippen molar-refractivity contribution in [1.82, 2.24) is 5.32 Å². The molecule has 0 radical (unpaired) electrons. The maximum absolute atomic E-state index is 11.5. The van der Waals surface area contributed by atoms with E-state index < -0.39 is 9.84 Å². The third-order valence-corrected chi connectivity index (χ3v) is 8.52. The van der Waals surface area contributed by atoms with Crippen LogP contribution in [0, 0.1) is 0 Å². The van der Waals surface area contributed by atoms with Gasteiger partial charge in [-0.2, -0.15) is 0 Å². The standard InChI is InChI=1S/C34H45NO7S/c1-38-32-12-5-4-10-29(32)26-39-20-8-21-40-30-16-14-27(15-17-30)31-18-19-35-25-34(31)42-23-22-41-33-13-6-3-9-28(33)11-7-24-43(2,36)37/h3-6,9-10,12-17,31,34-35H,7-8,11,18-26H2,1-2H3. The lowest BCUT2D eigenvalue weighted by molar-refractivity contribution is 0.00721. The molecule has 1 saturated heterocycles. The van der Waals surface area contributed by atoms with Gasteiger partial charge in [0.05, 0.1) is 45.4 Å². The molecular formula is C34H45NO7S. The predicted molar refractivity (Wildman–Crippen MR) is 169 cm³/mol. The summed E-state index contributed by atoms with van der Waals surface area (Å²) in [4.78, 5) is 0. The van der Waals surface area contributed by atoms with E-state index in [-0.39, 0.29) is 11.9 Å². The van der Waals surface area contributed by atoms with Gasteiger partial charge in [0.25, 0.3) is 0 Å². The Balaban J connectivity index is 1.17. The summed E-state index contributed by atoms with van der Waals surface area (Å²) in [6, 6.07) is 24.0. The molecule has 43 heavy (non-hydrogen) atoms. The molecule has 9 heteroatoms. The summed E-state index contributed by atoms with van der Waals surface area (Å²) >= 11 is 0. The van der Waals surface area contributed by atoms with Crippen LogP contribution in [0.25, 0.3) is 0 Å². The van der Waals surface area contributed by atoms with Crippen molar-refractivity contribution in [2.45, 2.75) is 44.3 Å². The highest BCUT2D eigenvalue weighted by Gasteiger charge is 2.27. The quantitative estimate of drug-likeness (QED) is 0.196. The minimum absolute atomic E-state index is 0.0505. The van der Waals surface area contributed by atoms with E-state index in [9.17, 15) is 8.42 Å². The number of para-hydroxylation sites is 2. The van der Waals surface area contributed by atoms with Crippen molar-refractivity contribution in [3.05, 3.63) is 89.5 Å². The molecule has 234 valence electrons. The Kier molecular flexibility index (Phi) is 13.2. The average molecular weight is 612 g/mol. The van der Waals surface area contributed by atoms with Crippen LogP contribution in [0.4, 0.5) is 0 Å². The molecular weight excluding hydrogens is 566 g/mol. The molecule has 0 amide bonds. The van der Waals surface area contributed by atoms with Gasteiger partial charge in [0.1, 0.15) is 33.7 Å². The number of aryl methyl sites for hydroxylation is 1. The number of hydrogen-bond donors (Lipinski definition) is 1. The van der Waals surface area contributed by atoms with Crippen molar-refractivity contribution in [3.8, 4) is 17.2 Å². The summed E-state index contributed by atoms with van der Waals surface area (Å²) in [6.45, 7) is 4.37. The zero-order valence-electron chi connectivity index (χ0n) is 25.3. The van der Waals surface area contributed by atoms with E-state index in [1.54, 1.807) is 7.11 Å². The molecule has 4 rings (SSSR count). The molecule has 2 unspecified atom stereocenters. The second-order valence-electron chi connectivity index (χ2n) is 10.8. The number of piperidine rings is 1. The summed E-state index contributed by atoms with van der Waals surface area (Å²) in [7, 11) is -1.30. The van der Waals surface area contributed by atoms with Crippen LogP contribution in [0.1, 0.15) is 41.9 Å². The first-order chi connectivity index (χ1) is 20.9. The molecule has 0 bridgehead atoms. The highest BCUT2D eigenvalue weighted by Crippen LogP contribution is 2.29. The average Bonchev–Trinajstić information content (AvgIpc) is 3.02. The summed E-state index contributed by atoms with van der Waals surface area (Å²) in [6.07, 6.45) is 4.36. The molecule has 1 aliphatic rings. The number of benzene rings is 3. The fourth-order valence-electron chi connectivity index (χ4n) is 5.28. The molecule has 2 atom stereocenters. The lowest BCUT2D eigenvalue weighted by Crippen LogP contribution is -2.41. The largest absolute Gasteiger partial charge is 0.496 e. The van der Waals surface area contributed by atoms with Crippen molar-refractivity contribution >= 4 is 9.84 Å². The van der Waals surface area contributed by atoms with Crippen molar-refractivity contribution < 1.29 is 32.1 Å². The number of sulfone groups is 1. The van der Waals surface area contributed by atoms with Crippen LogP contribution in [-0.4, -0.2) is 73.2 Å². The fourth-order valence-corrected chi connectivity index (χ4v) is 5.95. The minimum Gasteiger partial charge on any atom is -0.496 e. The van der Waals surface area contributed by atoms with Gasteiger partial charge in [0.15, 0.2) is 0 Å². The monoisotopic (exact) mass is 611 g/mol. The van der Waals surface area contributed by atoms with Gasteiger partial charge in [-0.1, -0.05) is 48.5 Å². The summed E-state index contributed by atoms with van der Waals surface area (Å²) in [5.74, 6) is 2.95. The SMILES string of the molecule is COc1ccccc1COCCCOc1ccc(C2CCNCC2OCCOc2ccccc2CCCS(C)(=O)=O)cc1. The first-order valence-corrected chi connectivity index (χ1v) is 17.1. The van der Waals surface area contributed by atoms with Crippen LogP contribution in [0.15, 0.2) is 72.8 Å². The van der Waals surface area contributed by atoms with E-state index >= 15 is 0 Å². The highest BCUT2D eigenvalue weighted by molar-refractivity contribution is 7.90. The Labute approximate surface area is 256 Å². The second kappa shape index (κ2) is 17.3. The first-order valence-electron chi connectivity index (χ1n) is 15.1. The molecule has 0 spiro atoms. The molecule has 0 aliphatic carbocycles. The third-order valence-electron chi connectivity index (χ3n) is 7.49. The molecule has 0 aromatic heterocycles. The smallest absolute Gasteiger partial charge is 0.147 e. The number of methoxy groups -OCH3 is 1. The van der Waals surface area contributed by atoms with Crippen LogP contribution < -0.4 is 19.5 Å². The zero-order chi connectivity index (χ0) is 30.3. The molecule has 1 fully saturated rings. The van der Waals surface area contributed by atoms with E-state index in [0.29, 0.717) is 51.8 Å². The first kappa shape index (κ1) is 32.8. The Bertz CT molecular complexity index is 1350. The molecule has 1 aliphatic heterocycles. The molecule has 3 aromatic rings. The molecule has 1 N–H and O–H groups in total. The number of ether oxygens (including phenoxy) is 5. The lowest BCUT2D eigenvalue weighted by Gasteiger charge is -2.32. The predicted octanol–water partition coefficient (Wildman–Crippen LogP) is 5.20. The Morgan fingerprint density at radius 3 is 2.33 bits per heavy atom. The summed E-state index contributed by atoms with van der Waals surface area (Å²) < 4.78 is 52.4. The normalized spacial score (nSPS) is 17.0. The third kappa shape index (κ3) is 11.2. The molecule has 0 saturated carbocycles. The topological polar surface area (TPSA) is 92.3 Å². The van der Waals surface area contributed by atoms with Crippen molar-refractivity contribution in [2.75, 3.05) is 58.6 Å². The fraction of sp³-hybridized carbons (Fsp3) is 0.471. The van der Waals surface area contributed by atoms with E-state index in [1.165, 1.54) is 11.8 Å². The molecule has 3 aromatic carbocycles. The van der Waals surface area contributed by atoms with Gasteiger partial charge in [-0.25, -0.2) is 8.42 Å². The zero-order valence-corrected chi connectivity index (χ0v) is 26.2. The Morgan fingerprint density at radius 2 is 1.56 bits per heavy atom. The van der Waals surface area contributed by atoms with Crippen molar-refractivity contribution in [3.63, 3.8) is 0 Å². The number of hydrogen-bond acceptors (Lipinski definition) is 8. The van der Waals surface area contributed by atoms with E-state index in [2.05, 4.69) is 17.4 Å². The van der Waals surface area contributed by atoms with E-state index in [4.69, 9.17) is 23.7 Å². The van der Waals surface area contributed by atoms with Gasteiger partial charge in [-0.15, -0.1) is 0 Å². The van der Waals surface area contributed by atoms with Gasteiger partial charge in [0, 0.05) is 30.7 Å². The van der Waals surface area contributed by atoms with Crippen molar-refractivity contribution in [2.24, 2.45) is 0 Å². The van der Waals surface area contributed by atoms with Crippen LogP contribution in [0.5, 0.6) is 17.2 Å². The van der Waals surface area contributed by atoms with Gasteiger partial charge < -0.3 is 29.0 Å².